The van der Waals surface area contributed by atoms with Crippen LogP contribution in [0.2, 0.25) is 0 Å². The number of carbonyl (C=O) groups is 8. The molecule has 2 unspecified atom stereocenters. The van der Waals surface area contributed by atoms with E-state index in [-0.39, 0.29) is 74.1 Å². The van der Waals surface area contributed by atoms with Crippen molar-refractivity contribution in [1.29, 1.82) is 0 Å². The van der Waals surface area contributed by atoms with Crippen LogP contribution in [0.5, 0.6) is 0 Å². The Morgan fingerprint density at radius 3 is 1.20 bits per heavy atom. The number of amides is 8. The Morgan fingerprint density at radius 2 is 0.886 bits per heavy atom. The average molecular weight is 600 g/mol. The molecule has 2 fully saturated rings. The van der Waals surface area contributed by atoms with Gasteiger partial charge in [0.15, 0.2) is 0 Å². The third-order valence-electron chi connectivity index (χ3n) is 8.65. The van der Waals surface area contributed by atoms with Crippen LogP contribution >= 0.6 is 0 Å². The number of rotatable bonds is 8. The van der Waals surface area contributed by atoms with Gasteiger partial charge in [0, 0.05) is 39.0 Å². The maximum atomic E-state index is 13.3. The van der Waals surface area contributed by atoms with Gasteiger partial charge in [-0.15, -0.1) is 0 Å². The number of likely N-dealkylation sites (N-methyl/N-ethyl adjacent to an activating group) is 1. The van der Waals surface area contributed by atoms with Crippen molar-refractivity contribution in [1.82, 2.24) is 24.5 Å². The number of hydrogen-bond donors (Lipinski definition) is 0. The Labute approximate surface area is 251 Å². The summed E-state index contributed by atoms with van der Waals surface area (Å²) in [4.78, 5) is 110. The number of likely N-dealkylation sites (tertiary alicyclic amines) is 2. The highest BCUT2D eigenvalue weighted by Gasteiger charge is 2.48. The Morgan fingerprint density at radius 1 is 0.568 bits per heavy atom. The van der Waals surface area contributed by atoms with Crippen LogP contribution in [0.15, 0.2) is 48.5 Å². The van der Waals surface area contributed by atoms with Gasteiger partial charge in [0.1, 0.15) is 12.1 Å². The van der Waals surface area contributed by atoms with Gasteiger partial charge in [-0.3, -0.25) is 58.0 Å². The first-order valence-corrected chi connectivity index (χ1v) is 14.4. The number of benzene rings is 2. The van der Waals surface area contributed by atoms with Crippen molar-refractivity contribution in [3.8, 4) is 0 Å². The van der Waals surface area contributed by atoms with Gasteiger partial charge < -0.3 is 4.90 Å². The molecule has 44 heavy (non-hydrogen) atoms. The molecule has 2 aromatic carbocycles. The van der Waals surface area contributed by atoms with Crippen molar-refractivity contribution < 1.29 is 38.4 Å². The molecule has 0 N–H and O–H groups in total. The summed E-state index contributed by atoms with van der Waals surface area (Å²) in [7, 11) is 1.70. The van der Waals surface area contributed by atoms with E-state index < -0.39 is 59.3 Å². The van der Waals surface area contributed by atoms with Crippen molar-refractivity contribution >= 4 is 47.3 Å². The molecular formula is C31H29N5O8. The first kappa shape index (κ1) is 29.1. The molecule has 6 rings (SSSR count). The van der Waals surface area contributed by atoms with Gasteiger partial charge in [-0.25, -0.2) is 0 Å². The van der Waals surface area contributed by atoms with Crippen LogP contribution in [0.3, 0.4) is 0 Å². The normalized spacial score (nSPS) is 22.1. The standard InChI is InChI=1S/C31H29N5O8/c1-32(14-16-33-24(37)12-10-22(30(33)43)35-26(39)18-6-2-3-7-19(18)27(35)40)15-17-34-25(38)13-11-23(31(34)44)36-28(41)20-8-4-5-9-21(20)29(36)42/h2-9,22-23H,10-17H2,1H3. The first-order chi connectivity index (χ1) is 21.1. The lowest BCUT2D eigenvalue weighted by Crippen LogP contribution is -2.58. The summed E-state index contributed by atoms with van der Waals surface area (Å²) < 4.78 is 0. The van der Waals surface area contributed by atoms with E-state index in [1.54, 1.807) is 36.2 Å². The van der Waals surface area contributed by atoms with E-state index in [1.165, 1.54) is 24.3 Å². The zero-order valence-electron chi connectivity index (χ0n) is 23.9. The Bertz CT molecular complexity index is 1460. The molecule has 0 radical (unpaired) electrons. The number of nitrogens with zero attached hydrogens (tertiary/aromatic N) is 5. The SMILES string of the molecule is CN(CCN1C(=O)CCC(N2C(=O)c3ccccc3C2=O)C1=O)CCN1C(=O)CCC(N2C(=O)c3ccccc3C2=O)C1=O. The van der Waals surface area contributed by atoms with Crippen LogP contribution in [0.4, 0.5) is 0 Å². The molecule has 226 valence electrons. The van der Waals surface area contributed by atoms with E-state index in [4.69, 9.17) is 0 Å². The summed E-state index contributed by atoms with van der Waals surface area (Å²) in [5.74, 6) is -4.35. The van der Waals surface area contributed by atoms with Crippen LogP contribution < -0.4 is 0 Å². The van der Waals surface area contributed by atoms with E-state index in [9.17, 15) is 38.4 Å². The number of hydrogen-bond acceptors (Lipinski definition) is 9. The predicted molar refractivity (Wildman–Crippen MR) is 151 cm³/mol. The fourth-order valence-electron chi connectivity index (χ4n) is 6.23. The number of carbonyl (C=O) groups excluding carboxylic acids is 8. The van der Waals surface area contributed by atoms with E-state index in [0.29, 0.717) is 0 Å². The van der Waals surface area contributed by atoms with Gasteiger partial charge in [0.05, 0.1) is 22.3 Å². The molecule has 13 nitrogen and oxygen atoms in total. The van der Waals surface area contributed by atoms with Crippen LogP contribution in [-0.4, -0.2) is 117 Å². The van der Waals surface area contributed by atoms with Crippen LogP contribution in [0.1, 0.15) is 67.1 Å². The summed E-state index contributed by atoms with van der Waals surface area (Å²) in [5.41, 5.74) is 0.891. The average Bonchev–Trinajstić information content (AvgIpc) is 3.42. The van der Waals surface area contributed by atoms with Gasteiger partial charge in [-0.2, -0.15) is 0 Å². The zero-order valence-corrected chi connectivity index (χ0v) is 23.9. The zero-order chi connectivity index (χ0) is 31.3. The largest absolute Gasteiger partial charge is 0.303 e. The monoisotopic (exact) mass is 599 g/mol. The molecule has 0 spiro atoms. The van der Waals surface area contributed by atoms with Crippen LogP contribution in [0, 0.1) is 0 Å². The molecule has 0 aromatic heterocycles. The Kier molecular flexibility index (Phi) is 7.41. The highest BCUT2D eigenvalue weighted by molar-refractivity contribution is 6.24. The van der Waals surface area contributed by atoms with Gasteiger partial charge >= 0.3 is 0 Å². The molecule has 2 saturated heterocycles. The minimum atomic E-state index is -1.09. The van der Waals surface area contributed by atoms with E-state index in [1.807, 2.05) is 0 Å². The number of piperidine rings is 2. The summed E-state index contributed by atoms with van der Waals surface area (Å²) >= 11 is 0. The predicted octanol–water partition coefficient (Wildman–Crippen LogP) is 0.546. The second kappa shape index (κ2) is 11.2. The molecule has 13 heteroatoms. The minimum Gasteiger partial charge on any atom is -0.303 e. The Hall–Kier alpha value is -5.04. The Balaban J connectivity index is 1.06. The van der Waals surface area contributed by atoms with Crippen molar-refractivity contribution in [2.45, 2.75) is 37.8 Å². The van der Waals surface area contributed by atoms with Crippen molar-refractivity contribution in [3.05, 3.63) is 70.8 Å². The quantitative estimate of drug-likeness (QED) is 0.396. The molecule has 4 heterocycles. The van der Waals surface area contributed by atoms with E-state index in [0.717, 1.165) is 19.6 Å². The molecule has 4 aliphatic heterocycles. The second-order valence-corrected chi connectivity index (χ2v) is 11.2. The second-order valence-electron chi connectivity index (χ2n) is 11.2. The van der Waals surface area contributed by atoms with Crippen molar-refractivity contribution in [3.63, 3.8) is 0 Å². The van der Waals surface area contributed by atoms with Crippen LogP contribution in [-0.2, 0) is 19.2 Å². The summed E-state index contributed by atoms with van der Waals surface area (Å²) in [6, 6.07) is 10.5. The lowest BCUT2D eigenvalue weighted by atomic mass is 10.0. The first-order valence-electron chi connectivity index (χ1n) is 14.4. The number of fused-ring (bicyclic) bond motifs is 2. The lowest BCUT2D eigenvalue weighted by molar-refractivity contribution is -0.152. The fraction of sp³-hybridized carbons (Fsp3) is 0.355. The maximum Gasteiger partial charge on any atom is 0.262 e. The molecular weight excluding hydrogens is 570 g/mol. The van der Waals surface area contributed by atoms with Gasteiger partial charge in [-0.1, -0.05) is 24.3 Å². The maximum absolute atomic E-state index is 13.3. The minimum absolute atomic E-state index is 0.0104. The molecule has 0 bridgehead atoms. The smallest absolute Gasteiger partial charge is 0.262 e. The number of imide groups is 4. The molecule has 4 aliphatic rings. The van der Waals surface area contributed by atoms with Gasteiger partial charge in [-0.05, 0) is 44.2 Å². The topological polar surface area (TPSA) is 153 Å². The summed E-state index contributed by atoms with van der Waals surface area (Å²) in [5, 5.41) is 0. The van der Waals surface area contributed by atoms with Crippen LogP contribution in [0.25, 0.3) is 0 Å². The van der Waals surface area contributed by atoms with E-state index >= 15 is 0 Å². The highest BCUT2D eigenvalue weighted by atomic mass is 16.2. The third kappa shape index (κ3) is 4.69. The molecule has 8 amide bonds. The van der Waals surface area contributed by atoms with Crippen molar-refractivity contribution in [2.75, 3.05) is 33.2 Å². The third-order valence-corrected chi connectivity index (χ3v) is 8.65. The molecule has 0 aliphatic carbocycles. The molecule has 2 aromatic rings. The fourth-order valence-corrected chi connectivity index (χ4v) is 6.23. The van der Waals surface area contributed by atoms with Gasteiger partial charge in [0.2, 0.25) is 11.8 Å². The lowest BCUT2D eigenvalue weighted by Gasteiger charge is -2.36. The van der Waals surface area contributed by atoms with E-state index in [2.05, 4.69) is 0 Å². The molecule has 2 atom stereocenters. The van der Waals surface area contributed by atoms with Gasteiger partial charge in [0.25, 0.3) is 35.4 Å². The summed E-state index contributed by atoms with van der Waals surface area (Å²) in [6.07, 6.45) is 0.0683. The molecule has 0 saturated carbocycles. The summed E-state index contributed by atoms with van der Waals surface area (Å²) in [6.45, 7) is 0.357. The highest BCUT2D eigenvalue weighted by Crippen LogP contribution is 2.30. The van der Waals surface area contributed by atoms with Crippen molar-refractivity contribution in [2.24, 2.45) is 0 Å².